The van der Waals surface area contributed by atoms with Crippen molar-refractivity contribution < 1.29 is 4.79 Å². The number of carbonyl (C=O) groups excluding carboxylic acids is 1. The molecular weight excluding hydrogens is 240 g/mol. The summed E-state index contributed by atoms with van der Waals surface area (Å²) < 4.78 is 1.88. The van der Waals surface area contributed by atoms with E-state index < -0.39 is 0 Å². The molecule has 5 heteroatoms. The number of amides is 1. The van der Waals surface area contributed by atoms with Crippen LogP contribution in [0.1, 0.15) is 31.9 Å². The van der Waals surface area contributed by atoms with Crippen molar-refractivity contribution >= 4 is 5.91 Å². The summed E-state index contributed by atoms with van der Waals surface area (Å²) >= 11 is 0. The second-order valence-corrected chi connectivity index (χ2v) is 5.17. The lowest BCUT2D eigenvalue weighted by atomic mass is 10.0. The van der Waals surface area contributed by atoms with Crippen molar-refractivity contribution in [3.8, 4) is 0 Å². The molecule has 2 rings (SSSR count). The first-order chi connectivity index (χ1) is 9.22. The Kier molecular flexibility index (Phi) is 4.96. The van der Waals surface area contributed by atoms with Gasteiger partial charge in [-0.2, -0.15) is 5.10 Å². The molecule has 0 saturated carbocycles. The number of nitrogens with one attached hydrogen (secondary N) is 1. The Morgan fingerprint density at radius 2 is 2.37 bits per heavy atom. The van der Waals surface area contributed by atoms with E-state index in [4.69, 9.17) is 0 Å². The molecule has 0 bridgehead atoms. The van der Waals surface area contributed by atoms with Gasteiger partial charge < -0.3 is 10.2 Å². The minimum atomic E-state index is 0.0280. The Morgan fingerprint density at radius 3 is 3.05 bits per heavy atom. The summed E-state index contributed by atoms with van der Waals surface area (Å²) in [6, 6.07) is 2.04. The molecule has 19 heavy (non-hydrogen) atoms. The molecule has 5 nitrogen and oxygen atoms in total. The molecule has 106 valence electrons. The largest absolute Gasteiger partial charge is 0.341 e. The van der Waals surface area contributed by atoms with Gasteiger partial charge in [0, 0.05) is 38.4 Å². The molecule has 1 unspecified atom stereocenters. The van der Waals surface area contributed by atoms with Gasteiger partial charge in [-0.05, 0) is 31.9 Å². The number of hydrogen-bond donors (Lipinski definition) is 1. The summed E-state index contributed by atoms with van der Waals surface area (Å²) in [7, 11) is 1.94. The van der Waals surface area contributed by atoms with E-state index in [0.717, 1.165) is 45.3 Å². The predicted octanol–water partition coefficient (Wildman–Crippen LogP) is 0.953. The van der Waals surface area contributed by atoms with E-state index in [0.29, 0.717) is 0 Å². The Morgan fingerprint density at radius 1 is 1.53 bits per heavy atom. The lowest BCUT2D eigenvalue weighted by molar-refractivity contribution is -0.135. The van der Waals surface area contributed by atoms with Gasteiger partial charge in [-0.3, -0.25) is 9.48 Å². The van der Waals surface area contributed by atoms with Gasteiger partial charge in [0.2, 0.25) is 5.91 Å². The molecule has 0 aromatic carbocycles. The molecule has 1 fully saturated rings. The molecule has 1 aromatic rings. The second kappa shape index (κ2) is 6.70. The highest BCUT2D eigenvalue weighted by atomic mass is 16.2. The van der Waals surface area contributed by atoms with Gasteiger partial charge in [0.25, 0.3) is 0 Å². The van der Waals surface area contributed by atoms with Crippen molar-refractivity contribution in [1.29, 1.82) is 0 Å². The standard InChI is InChI=1S/C14H24N4O/c1-3-8-15-13-5-4-10-18(14(13)19)11-7-12-6-9-16-17(12)2/h6,9,13,15H,3-5,7-8,10-11H2,1-2H3. The van der Waals surface area contributed by atoms with Crippen LogP contribution in [0, 0.1) is 0 Å². The summed E-state index contributed by atoms with van der Waals surface area (Å²) in [4.78, 5) is 14.3. The Hall–Kier alpha value is -1.36. The molecule has 1 aliphatic rings. The molecule has 1 N–H and O–H groups in total. The number of hydrogen-bond acceptors (Lipinski definition) is 3. The van der Waals surface area contributed by atoms with Gasteiger partial charge in [0.15, 0.2) is 0 Å². The van der Waals surface area contributed by atoms with Crippen molar-refractivity contribution in [3.05, 3.63) is 18.0 Å². The third kappa shape index (κ3) is 3.56. The van der Waals surface area contributed by atoms with E-state index in [9.17, 15) is 4.79 Å². The number of carbonyl (C=O) groups is 1. The molecule has 1 aromatic heterocycles. The molecule has 2 heterocycles. The lowest BCUT2D eigenvalue weighted by Gasteiger charge is -2.32. The van der Waals surface area contributed by atoms with Gasteiger partial charge in [0.1, 0.15) is 0 Å². The van der Waals surface area contributed by atoms with Crippen molar-refractivity contribution in [3.63, 3.8) is 0 Å². The van der Waals surface area contributed by atoms with Crippen LogP contribution in [0.5, 0.6) is 0 Å². The van der Waals surface area contributed by atoms with Crippen LogP contribution < -0.4 is 5.32 Å². The molecule has 0 spiro atoms. The predicted molar refractivity (Wildman–Crippen MR) is 74.8 cm³/mol. The highest BCUT2D eigenvalue weighted by molar-refractivity contribution is 5.82. The number of rotatable bonds is 6. The lowest BCUT2D eigenvalue weighted by Crippen LogP contribution is -2.51. The molecule has 1 amide bonds. The van der Waals surface area contributed by atoms with Crippen molar-refractivity contribution in [1.82, 2.24) is 20.0 Å². The summed E-state index contributed by atoms with van der Waals surface area (Å²) in [6.45, 7) is 4.73. The van der Waals surface area contributed by atoms with Crippen molar-refractivity contribution in [2.75, 3.05) is 19.6 Å². The summed E-state index contributed by atoms with van der Waals surface area (Å²) in [6.07, 6.45) is 5.82. The smallest absolute Gasteiger partial charge is 0.239 e. The average molecular weight is 264 g/mol. The molecule has 1 saturated heterocycles. The maximum atomic E-state index is 12.3. The molecule has 0 aliphatic carbocycles. The first-order valence-electron chi connectivity index (χ1n) is 7.21. The van der Waals surface area contributed by atoms with Crippen LogP contribution in [-0.4, -0.2) is 46.3 Å². The fourth-order valence-electron chi connectivity index (χ4n) is 2.57. The minimum absolute atomic E-state index is 0.0280. The van der Waals surface area contributed by atoms with Gasteiger partial charge >= 0.3 is 0 Å². The number of likely N-dealkylation sites (tertiary alicyclic amines) is 1. The van der Waals surface area contributed by atoms with Crippen LogP contribution in [0.4, 0.5) is 0 Å². The number of piperidine rings is 1. The maximum absolute atomic E-state index is 12.3. The third-order valence-corrected chi connectivity index (χ3v) is 3.73. The van der Waals surface area contributed by atoms with Crippen LogP contribution in [0.15, 0.2) is 12.3 Å². The molecular formula is C14H24N4O. The Bertz CT molecular complexity index is 415. The minimum Gasteiger partial charge on any atom is -0.341 e. The third-order valence-electron chi connectivity index (χ3n) is 3.73. The maximum Gasteiger partial charge on any atom is 0.239 e. The van der Waals surface area contributed by atoms with Crippen LogP contribution in [0.2, 0.25) is 0 Å². The Labute approximate surface area is 115 Å². The highest BCUT2D eigenvalue weighted by Gasteiger charge is 2.27. The quantitative estimate of drug-likeness (QED) is 0.832. The fourth-order valence-corrected chi connectivity index (χ4v) is 2.57. The summed E-state index contributed by atoms with van der Waals surface area (Å²) in [5.74, 6) is 0.266. The van der Waals surface area contributed by atoms with Crippen molar-refractivity contribution in [2.24, 2.45) is 7.05 Å². The van der Waals surface area contributed by atoms with E-state index >= 15 is 0 Å². The van der Waals surface area contributed by atoms with E-state index in [1.807, 2.05) is 22.7 Å². The molecule has 1 aliphatic heterocycles. The molecule has 0 radical (unpaired) electrons. The zero-order valence-corrected chi connectivity index (χ0v) is 11.9. The van der Waals surface area contributed by atoms with Crippen LogP contribution in [-0.2, 0) is 18.3 Å². The van der Waals surface area contributed by atoms with Gasteiger partial charge in [-0.1, -0.05) is 6.92 Å². The van der Waals surface area contributed by atoms with E-state index in [2.05, 4.69) is 17.3 Å². The molecule has 1 atom stereocenters. The average Bonchev–Trinajstić information content (AvgIpc) is 2.82. The van der Waals surface area contributed by atoms with Gasteiger partial charge in [0.05, 0.1) is 6.04 Å². The van der Waals surface area contributed by atoms with Gasteiger partial charge in [-0.25, -0.2) is 0 Å². The Balaban J connectivity index is 1.86. The van der Waals surface area contributed by atoms with E-state index in [1.54, 1.807) is 6.20 Å². The van der Waals surface area contributed by atoms with E-state index in [-0.39, 0.29) is 11.9 Å². The number of aromatic nitrogens is 2. The zero-order valence-electron chi connectivity index (χ0n) is 11.9. The van der Waals surface area contributed by atoms with Crippen LogP contribution in [0.3, 0.4) is 0 Å². The van der Waals surface area contributed by atoms with Crippen LogP contribution in [0.25, 0.3) is 0 Å². The number of aryl methyl sites for hydroxylation is 1. The first kappa shape index (κ1) is 14.1. The van der Waals surface area contributed by atoms with Crippen molar-refractivity contribution in [2.45, 2.75) is 38.6 Å². The summed E-state index contributed by atoms with van der Waals surface area (Å²) in [5, 5.41) is 7.50. The monoisotopic (exact) mass is 264 g/mol. The van der Waals surface area contributed by atoms with Gasteiger partial charge in [-0.15, -0.1) is 0 Å². The van der Waals surface area contributed by atoms with Crippen LogP contribution >= 0.6 is 0 Å². The normalized spacial score (nSPS) is 20.0. The summed E-state index contributed by atoms with van der Waals surface area (Å²) in [5.41, 5.74) is 1.18. The first-order valence-corrected chi connectivity index (χ1v) is 7.21. The number of nitrogens with zero attached hydrogens (tertiary/aromatic N) is 3. The highest BCUT2D eigenvalue weighted by Crippen LogP contribution is 2.12. The second-order valence-electron chi connectivity index (χ2n) is 5.17. The zero-order chi connectivity index (χ0) is 13.7. The van der Waals surface area contributed by atoms with E-state index in [1.165, 1.54) is 5.69 Å². The topological polar surface area (TPSA) is 50.2 Å². The fraction of sp³-hybridized carbons (Fsp3) is 0.714. The SMILES string of the molecule is CCCNC1CCCN(CCc2ccnn2C)C1=O.